The molecule has 1 aromatic rings. The van der Waals surface area contributed by atoms with Crippen LogP contribution in [0.4, 0.5) is 0 Å². The zero-order chi connectivity index (χ0) is 17.1. The second-order valence-electron chi connectivity index (χ2n) is 6.69. The van der Waals surface area contributed by atoms with Crippen molar-refractivity contribution in [1.82, 2.24) is 4.90 Å². The van der Waals surface area contributed by atoms with Crippen LogP contribution in [0.5, 0.6) is 5.75 Å². The fourth-order valence-corrected chi connectivity index (χ4v) is 3.88. The third-order valence-corrected chi connectivity index (χ3v) is 5.23. The number of fused-ring (bicyclic) bond motifs is 1. The Morgan fingerprint density at radius 1 is 1.25 bits per heavy atom. The van der Waals surface area contributed by atoms with E-state index >= 15 is 0 Å². The number of ether oxygens (including phenoxy) is 2. The average molecular weight is 329 g/mol. The van der Waals surface area contributed by atoms with Crippen LogP contribution in [0.25, 0.3) is 0 Å². The Bertz CT molecular complexity index is 650. The number of benzene rings is 1. The van der Waals surface area contributed by atoms with Crippen LogP contribution in [-0.2, 0) is 11.3 Å². The van der Waals surface area contributed by atoms with Crippen molar-refractivity contribution >= 4 is 0 Å². The summed E-state index contributed by atoms with van der Waals surface area (Å²) >= 11 is 0. The van der Waals surface area contributed by atoms with Crippen molar-refractivity contribution < 1.29 is 14.6 Å². The number of aliphatic hydroxyl groups excluding tert-OH is 1. The fourth-order valence-electron chi connectivity index (χ4n) is 3.88. The van der Waals surface area contributed by atoms with E-state index in [4.69, 9.17) is 9.47 Å². The molecule has 1 fully saturated rings. The molecule has 1 aromatic carbocycles. The molecule has 1 aliphatic heterocycles. The molecule has 0 radical (unpaired) electrons. The van der Waals surface area contributed by atoms with Crippen molar-refractivity contribution in [3.05, 3.63) is 53.0 Å². The van der Waals surface area contributed by atoms with Gasteiger partial charge < -0.3 is 14.6 Å². The minimum atomic E-state index is 0.391. The molecule has 0 bridgehead atoms. The Balaban J connectivity index is 1.79. The summed E-state index contributed by atoms with van der Waals surface area (Å²) in [5, 5.41) is 10.1. The lowest BCUT2D eigenvalue weighted by Crippen LogP contribution is -2.43. The highest BCUT2D eigenvalue weighted by atomic mass is 16.5. The standard InChI is InChI=1S/C20H27NO3/c1-4-17-9-15-10-19(22)20(24-3)11-16(15)13-21(17)12-14-6-5-7-18(8-14)23-2/h5-8,11,15,17,22H,4,9-10,12-13H2,1-3H3. The smallest absolute Gasteiger partial charge is 0.156 e. The summed E-state index contributed by atoms with van der Waals surface area (Å²) in [4.78, 5) is 2.53. The van der Waals surface area contributed by atoms with Gasteiger partial charge in [0.1, 0.15) is 11.5 Å². The molecular formula is C20H27NO3. The number of nitrogens with zero attached hydrogens (tertiary/aromatic N) is 1. The van der Waals surface area contributed by atoms with Gasteiger partial charge in [-0.2, -0.15) is 0 Å². The Hall–Kier alpha value is -1.94. The lowest BCUT2D eigenvalue weighted by atomic mass is 9.80. The lowest BCUT2D eigenvalue weighted by Gasteiger charge is -2.42. The Kier molecular flexibility index (Phi) is 5.14. The normalized spacial score (nSPS) is 24.4. The number of methoxy groups -OCH3 is 2. The first-order valence-electron chi connectivity index (χ1n) is 8.68. The molecule has 0 spiro atoms. The Morgan fingerprint density at radius 2 is 2.08 bits per heavy atom. The molecule has 0 amide bonds. The summed E-state index contributed by atoms with van der Waals surface area (Å²) in [5.74, 6) is 2.36. The van der Waals surface area contributed by atoms with E-state index in [2.05, 4.69) is 24.0 Å². The molecule has 1 N–H and O–H groups in total. The molecule has 1 aliphatic carbocycles. The van der Waals surface area contributed by atoms with E-state index in [0.717, 1.165) is 31.7 Å². The van der Waals surface area contributed by atoms with Gasteiger partial charge in [-0.1, -0.05) is 19.1 Å². The molecule has 4 nitrogen and oxygen atoms in total. The maximum absolute atomic E-state index is 10.1. The number of rotatable bonds is 5. The zero-order valence-corrected chi connectivity index (χ0v) is 14.8. The van der Waals surface area contributed by atoms with E-state index < -0.39 is 0 Å². The van der Waals surface area contributed by atoms with Gasteiger partial charge in [0.05, 0.1) is 14.2 Å². The van der Waals surface area contributed by atoms with Gasteiger partial charge in [-0.05, 0) is 48.1 Å². The van der Waals surface area contributed by atoms with E-state index in [0.29, 0.717) is 29.9 Å². The van der Waals surface area contributed by atoms with Gasteiger partial charge in [0.2, 0.25) is 0 Å². The zero-order valence-electron chi connectivity index (χ0n) is 14.8. The van der Waals surface area contributed by atoms with E-state index in [1.165, 1.54) is 11.1 Å². The van der Waals surface area contributed by atoms with Crippen LogP contribution in [0.15, 0.2) is 47.4 Å². The molecule has 3 rings (SSSR count). The van der Waals surface area contributed by atoms with Gasteiger partial charge in [0.25, 0.3) is 0 Å². The third-order valence-electron chi connectivity index (χ3n) is 5.23. The number of aliphatic hydroxyl groups is 1. The van der Waals surface area contributed by atoms with Gasteiger partial charge in [-0.15, -0.1) is 0 Å². The largest absolute Gasteiger partial charge is 0.508 e. The van der Waals surface area contributed by atoms with Crippen molar-refractivity contribution in [2.45, 2.75) is 38.8 Å². The van der Waals surface area contributed by atoms with Crippen molar-refractivity contribution in [1.29, 1.82) is 0 Å². The molecule has 2 aliphatic rings. The minimum Gasteiger partial charge on any atom is -0.508 e. The molecular weight excluding hydrogens is 302 g/mol. The molecule has 4 heteroatoms. The maximum Gasteiger partial charge on any atom is 0.156 e. The number of hydrogen-bond acceptors (Lipinski definition) is 4. The van der Waals surface area contributed by atoms with E-state index in [1.54, 1.807) is 14.2 Å². The summed E-state index contributed by atoms with van der Waals surface area (Å²) in [6, 6.07) is 8.83. The number of hydrogen-bond donors (Lipinski definition) is 1. The lowest BCUT2D eigenvalue weighted by molar-refractivity contribution is 0.128. The maximum atomic E-state index is 10.1. The van der Waals surface area contributed by atoms with Crippen LogP contribution in [-0.4, -0.2) is 36.8 Å². The highest BCUT2D eigenvalue weighted by Crippen LogP contribution is 2.38. The predicted octanol–water partition coefficient (Wildman–Crippen LogP) is 4.04. The molecule has 2 unspecified atom stereocenters. The van der Waals surface area contributed by atoms with Crippen molar-refractivity contribution in [3.63, 3.8) is 0 Å². The first-order chi connectivity index (χ1) is 11.6. The summed E-state index contributed by atoms with van der Waals surface area (Å²) in [5.41, 5.74) is 2.64. The van der Waals surface area contributed by atoms with Gasteiger partial charge in [-0.25, -0.2) is 0 Å². The molecule has 130 valence electrons. The molecule has 1 heterocycles. The average Bonchev–Trinajstić information content (AvgIpc) is 2.61. The Morgan fingerprint density at radius 3 is 2.79 bits per heavy atom. The van der Waals surface area contributed by atoms with Gasteiger partial charge >= 0.3 is 0 Å². The van der Waals surface area contributed by atoms with Crippen LogP contribution in [0.1, 0.15) is 31.7 Å². The highest BCUT2D eigenvalue weighted by molar-refractivity contribution is 5.32. The van der Waals surface area contributed by atoms with Crippen molar-refractivity contribution in [2.75, 3.05) is 20.8 Å². The minimum absolute atomic E-state index is 0.391. The number of allylic oxidation sites excluding steroid dienone is 2. The summed E-state index contributed by atoms with van der Waals surface area (Å²) in [6.45, 7) is 4.09. The van der Waals surface area contributed by atoms with Crippen LogP contribution < -0.4 is 4.74 Å². The van der Waals surface area contributed by atoms with Gasteiger partial charge in [0.15, 0.2) is 5.76 Å². The second kappa shape index (κ2) is 7.31. The quantitative estimate of drug-likeness (QED) is 0.885. The second-order valence-corrected chi connectivity index (χ2v) is 6.69. The first kappa shape index (κ1) is 16.9. The first-order valence-corrected chi connectivity index (χ1v) is 8.68. The number of piperidine rings is 1. The van der Waals surface area contributed by atoms with E-state index in [-0.39, 0.29) is 0 Å². The summed E-state index contributed by atoms with van der Waals surface area (Å²) in [6.07, 6.45) is 4.95. The number of likely N-dealkylation sites (tertiary alicyclic amines) is 1. The molecule has 2 atom stereocenters. The summed E-state index contributed by atoms with van der Waals surface area (Å²) < 4.78 is 10.7. The van der Waals surface area contributed by atoms with E-state index in [9.17, 15) is 5.11 Å². The SMILES string of the molecule is CCC1CC2CC(O)=C(OC)C=C2CN1Cc1cccc(OC)c1. The molecule has 0 aromatic heterocycles. The summed E-state index contributed by atoms with van der Waals surface area (Å²) in [7, 11) is 3.33. The van der Waals surface area contributed by atoms with Crippen LogP contribution in [0.2, 0.25) is 0 Å². The monoisotopic (exact) mass is 329 g/mol. The molecule has 1 saturated heterocycles. The molecule has 24 heavy (non-hydrogen) atoms. The van der Waals surface area contributed by atoms with Crippen LogP contribution >= 0.6 is 0 Å². The predicted molar refractivity (Wildman–Crippen MR) is 95.0 cm³/mol. The highest BCUT2D eigenvalue weighted by Gasteiger charge is 2.34. The van der Waals surface area contributed by atoms with Crippen LogP contribution in [0.3, 0.4) is 0 Å². The fraction of sp³-hybridized carbons (Fsp3) is 0.500. The third kappa shape index (κ3) is 3.44. The van der Waals surface area contributed by atoms with Crippen molar-refractivity contribution in [3.8, 4) is 5.75 Å². The van der Waals surface area contributed by atoms with Gasteiger partial charge in [0, 0.05) is 25.6 Å². The topological polar surface area (TPSA) is 41.9 Å². The Labute approximate surface area is 144 Å². The van der Waals surface area contributed by atoms with E-state index in [1.807, 2.05) is 18.2 Å². The molecule has 0 saturated carbocycles. The van der Waals surface area contributed by atoms with Crippen LogP contribution in [0, 0.1) is 5.92 Å². The van der Waals surface area contributed by atoms with Gasteiger partial charge in [-0.3, -0.25) is 4.90 Å². The van der Waals surface area contributed by atoms with Crippen molar-refractivity contribution in [2.24, 2.45) is 5.92 Å².